The Labute approximate surface area is 162 Å². The largest absolute Gasteiger partial charge is 0.353 e. The SMILES string of the molecule is Cl.NC(CNC(=O)C1CSC2(c3ccc(F)cc3)CCC(=O)N12)C1CC1. The number of nitrogens with two attached hydrogens (primary N) is 1. The van der Waals surface area contributed by atoms with Gasteiger partial charge in [0.15, 0.2) is 0 Å². The van der Waals surface area contributed by atoms with Gasteiger partial charge in [-0.1, -0.05) is 12.1 Å². The first-order chi connectivity index (χ1) is 12.0. The molecule has 4 rings (SSSR count). The summed E-state index contributed by atoms with van der Waals surface area (Å²) in [5, 5.41) is 2.93. The van der Waals surface area contributed by atoms with Crippen molar-refractivity contribution < 1.29 is 14.0 Å². The summed E-state index contributed by atoms with van der Waals surface area (Å²) in [5.41, 5.74) is 6.94. The van der Waals surface area contributed by atoms with Crippen molar-refractivity contribution in [1.29, 1.82) is 0 Å². The number of hydrogen-bond acceptors (Lipinski definition) is 4. The predicted octanol–water partition coefficient (Wildman–Crippen LogP) is 1.99. The Morgan fingerprint density at radius 2 is 2.08 bits per heavy atom. The van der Waals surface area contributed by atoms with Crippen molar-refractivity contribution in [3.63, 3.8) is 0 Å². The molecule has 3 unspecified atom stereocenters. The van der Waals surface area contributed by atoms with Crippen molar-refractivity contribution in [2.75, 3.05) is 12.3 Å². The van der Waals surface area contributed by atoms with Gasteiger partial charge >= 0.3 is 0 Å². The Balaban J connectivity index is 0.00000196. The third-order valence-corrected chi connectivity index (χ3v) is 7.06. The number of halogens is 2. The minimum absolute atomic E-state index is 0. The summed E-state index contributed by atoms with van der Waals surface area (Å²) in [4.78, 5) is 26.3. The molecule has 0 aromatic heterocycles. The summed E-state index contributed by atoms with van der Waals surface area (Å²) in [7, 11) is 0. The van der Waals surface area contributed by atoms with Gasteiger partial charge in [0, 0.05) is 24.8 Å². The first kappa shape index (κ1) is 19.5. The van der Waals surface area contributed by atoms with Gasteiger partial charge in [-0.25, -0.2) is 4.39 Å². The van der Waals surface area contributed by atoms with E-state index in [0.29, 0.717) is 31.1 Å². The normalized spacial score (nSPS) is 28.5. The molecule has 1 saturated carbocycles. The molecule has 3 fully saturated rings. The third-order valence-electron chi connectivity index (χ3n) is 5.46. The molecule has 26 heavy (non-hydrogen) atoms. The molecule has 2 aliphatic heterocycles. The molecule has 1 aromatic rings. The van der Waals surface area contributed by atoms with Crippen LogP contribution < -0.4 is 11.1 Å². The van der Waals surface area contributed by atoms with E-state index in [1.165, 1.54) is 12.1 Å². The van der Waals surface area contributed by atoms with Crippen LogP contribution in [-0.4, -0.2) is 41.1 Å². The van der Waals surface area contributed by atoms with E-state index in [-0.39, 0.29) is 36.1 Å². The average Bonchev–Trinajstić information content (AvgIpc) is 3.31. The number of carbonyl (C=O) groups excluding carboxylic acids is 2. The van der Waals surface area contributed by atoms with Crippen LogP contribution in [0.5, 0.6) is 0 Å². The molecule has 2 heterocycles. The van der Waals surface area contributed by atoms with Gasteiger partial charge < -0.3 is 16.0 Å². The van der Waals surface area contributed by atoms with Crippen LogP contribution >= 0.6 is 24.2 Å². The van der Waals surface area contributed by atoms with Crippen molar-refractivity contribution in [2.24, 2.45) is 11.7 Å². The smallest absolute Gasteiger partial charge is 0.243 e. The molecule has 1 aromatic carbocycles. The second-order valence-electron chi connectivity index (χ2n) is 7.13. The molecule has 1 aliphatic carbocycles. The lowest BCUT2D eigenvalue weighted by Crippen LogP contribution is -2.51. The van der Waals surface area contributed by atoms with E-state index in [0.717, 1.165) is 18.4 Å². The highest BCUT2D eigenvalue weighted by Crippen LogP contribution is 2.54. The van der Waals surface area contributed by atoms with E-state index in [1.807, 2.05) is 0 Å². The quantitative estimate of drug-likeness (QED) is 0.794. The topological polar surface area (TPSA) is 75.4 Å². The minimum Gasteiger partial charge on any atom is -0.353 e. The van der Waals surface area contributed by atoms with Crippen molar-refractivity contribution in [2.45, 2.75) is 42.6 Å². The zero-order valence-corrected chi connectivity index (χ0v) is 16.0. The van der Waals surface area contributed by atoms with Gasteiger partial charge in [-0.2, -0.15) is 0 Å². The molecule has 2 saturated heterocycles. The lowest BCUT2D eigenvalue weighted by Gasteiger charge is -2.34. The molecule has 3 N–H and O–H groups in total. The number of hydrogen-bond donors (Lipinski definition) is 2. The molecule has 8 heteroatoms. The van der Waals surface area contributed by atoms with Crippen molar-refractivity contribution >= 4 is 36.0 Å². The standard InChI is InChI=1S/C18H22FN3O2S.ClH/c19-13-5-3-12(4-6-13)18-8-7-16(23)22(18)15(10-25-18)17(24)21-9-14(20)11-1-2-11;/h3-6,11,14-15H,1-2,7-10,20H2,(H,21,24);1H. The Morgan fingerprint density at radius 3 is 2.73 bits per heavy atom. The highest BCUT2D eigenvalue weighted by Gasteiger charge is 2.56. The molecule has 3 atom stereocenters. The number of nitrogens with one attached hydrogen (secondary N) is 1. The van der Waals surface area contributed by atoms with Crippen molar-refractivity contribution in [3.05, 3.63) is 35.6 Å². The van der Waals surface area contributed by atoms with E-state index < -0.39 is 10.9 Å². The van der Waals surface area contributed by atoms with Gasteiger partial charge in [-0.05, 0) is 42.9 Å². The zero-order chi connectivity index (χ0) is 17.6. The molecule has 0 bridgehead atoms. The molecule has 3 aliphatic rings. The summed E-state index contributed by atoms with van der Waals surface area (Å²) in [6, 6.07) is 5.76. The van der Waals surface area contributed by atoms with E-state index in [1.54, 1.807) is 28.8 Å². The van der Waals surface area contributed by atoms with E-state index in [9.17, 15) is 14.0 Å². The number of amides is 2. The summed E-state index contributed by atoms with van der Waals surface area (Å²) < 4.78 is 13.3. The fourth-order valence-corrected chi connectivity index (χ4v) is 5.53. The van der Waals surface area contributed by atoms with Crippen molar-refractivity contribution in [3.8, 4) is 0 Å². The van der Waals surface area contributed by atoms with Crippen LogP contribution in [0.1, 0.15) is 31.2 Å². The van der Waals surface area contributed by atoms with Crippen LogP contribution in [0, 0.1) is 11.7 Å². The lowest BCUT2D eigenvalue weighted by molar-refractivity contribution is -0.138. The van der Waals surface area contributed by atoms with Crippen LogP contribution in [0.2, 0.25) is 0 Å². The molecule has 142 valence electrons. The number of fused-ring (bicyclic) bond motifs is 1. The molecular formula is C18H23ClFN3O2S. The summed E-state index contributed by atoms with van der Waals surface area (Å²) in [6.07, 6.45) is 3.33. The Morgan fingerprint density at radius 1 is 1.38 bits per heavy atom. The maximum absolute atomic E-state index is 13.3. The Kier molecular flexibility index (Phi) is 5.51. The fourth-order valence-electron chi connectivity index (χ4n) is 3.87. The van der Waals surface area contributed by atoms with Gasteiger partial charge in [0.2, 0.25) is 11.8 Å². The summed E-state index contributed by atoms with van der Waals surface area (Å²) in [5.74, 6) is 0.615. The second-order valence-corrected chi connectivity index (χ2v) is 8.43. The predicted molar refractivity (Wildman–Crippen MR) is 101 cm³/mol. The van der Waals surface area contributed by atoms with Crippen LogP contribution in [0.15, 0.2) is 24.3 Å². The second kappa shape index (κ2) is 7.37. The van der Waals surface area contributed by atoms with Gasteiger partial charge in [-0.15, -0.1) is 24.2 Å². The third kappa shape index (κ3) is 3.32. The first-order valence-corrected chi connectivity index (χ1v) is 9.75. The number of benzene rings is 1. The van der Waals surface area contributed by atoms with Crippen LogP contribution in [-0.2, 0) is 14.5 Å². The molecule has 0 radical (unpaired) electrons. The molecule has 0 spiro atoms. The van der Waals surface area contributed by atoms with Gasteiger partial charge in [0.1, 0.15) is 16.7 Å². The zero-order valence-electron chi connectivity index (χ0n) is 14.3. The Hall–Kier alpha value is -1.31. The van der Waals surface area contributed by atoms with Crippen LogP contribution in [0.4, 0.5) is 4.39 Å². The summed E-state index contributed by atoms with van der Waals surface area (Å²) in [6.45, 7) is 0.455. The average molecular weight is 400 g/mol. The van der Waals surface area contributed by atoms with E-state index >= 15 is 0 Å². The maximum atomic E-state index is 13.3. The van der Waals surface area contributed by atoms with Crippen molar-refractivity contribution in [1.82, 2.24) is 10.2 Å². The van der Waals surface area contributed by atoms with Gasteiger partial charge in [-0.3, -0.25) is 9.59 Å². The minimum atomic E-state index is -0.550. The van der Waals surface area contributed by atoms with Gasteiger partial charge in [0.25, 0.3) is 0 Å². The summed E-state index contributed by atoms with van der Waals surface area (Å²) >= 11 is 1.60. The van der Waals surface area contributed by atoms with E-state index in [4.69, 9.17) is 5.73 Å². The molecule has 5 nitrogen and oxygen atoms in total. The molecular weight excluding hydrogens is 377 g/mol. The lowest BCUT2D eigenvalue weighted by atomic mass is 10.0. The maximum Gasteiger partial charge on any atom is 0.243 e. The monoisotopic (exact) mass is 399 g/mol. The highest BCUT2D eigenvalue weighted by atomic mass is 35.5. The first-order valence-electron chi connectivity index (χ1n) is 8.77. The van der Waals surface area contributed by atoms with Gasteiger partial charge in [0.05, 0.1) is 0 Å². The highest BCUT2D eigenvalue weighted by molar-refractivity contribution is 8.00. The fraction of sp³-hybridized carbons (Fsp3) is 0.556. The van der Waals surface area contributed by atoms with Crippen LogP contribution in [0.25, 0.3) is 0 Å². The number of nitrogens with zero attached hydrogens (tertiary/aromatic N) is 1. The van der Waals surface area contributed by atoms with Crippen LogP contribution in [0.3, 0.4) is 0 Å². The molecule has 2 amide bonds. The number of carbonyl (C=O) groups is 2. The Bertz CT molecular complexity index is 700. The number of thioether (sulfide) groups is 1. The number of rotatable bonds is 5. The van der Waals surface area contributed by atoms with E-state index in [2.05, 4.69) is 5.32 Å².